The molecule has 0 aromatic heterocycles. The molecule has 0 aliphatic rings. The second-order valence-electron chi connectivity index (χ2n) is 3.67. The molecule has 0 heterocycles. The summed E-state index contributed by atoms with van der Waals surface area (Å²) in [6, 6.07) is 11.8. The van der Waals surface area contributed by atoms with E-state index in [1.165, 1.54) is 36.4 Å². The fourth-order valence-corrected chi connectivity index (χ4v) is 1.41. The number of benzene rings is 2. The highest BCUT2D eigenvalue weighted by atomic mass is 19.1. The van der Waals surface area contributed by atoms with E-state index in [-0.39, 0.29) is 18.1 Å². The molecule has 0 atom stereocenters. The van der Waals surface area contributed by atoms with Gasteiger partial charge in [-0.25, -0.2) is 4.39 Å². The minimum Gasteiger partial charge on any atom is -0.489 e. The highest BCUT2D eigenvalue weighted by Gasteiger charge is 2.04. The van der Waals surface area contributed by atoms with Crippen molar-refractivity contribution in [2.75, 3.05) is 0 Å². The summed E-state index contributed by atoms with van der Waals surface area (Å²) in [5, 5.41) is 10.5. The van der Waals surface area contributed by atoms with E-state index in [1.807, 2.05) is 0 Å². The average Bonchev–Trinajstić information content (AvgIpc) is 2.38. The van der Waals surface area contributed by atoms with E-state index in [1.54, 1.807) is 12.1 Å². The first-order valence-corrected chi connectivity index (χ1v) is 5.27. The Hall–Kier alpha value is -2.43. The molecule has 0 amide bonds. The van der Waals surface area contributed by atoms with Crippen LogP contribution in [0.25, 0.3) is 0 Å². The van der Waals surface area contributed by atoms with Crippen LogP contribution in [0.15, 0.2) is 48.5 Å². The number of non-ortho nitro benzene ring substituents is 1. The monoisotopic (exact) mass is 247 g/mol. The van der Waals surface area contributed by atoms with Gasteiger partial charge < -0.3 is 4.74 Å². The zero-order valence-corrected chi connectivity index (χ0v) is 9.38. The highest BCUT2D eigenvalue weighted by Crippen LogP contribution is 2.15. The number of nitro benzene ring substituents is 1. The summed E-state index contributed by atoms with van der Waals surface area (Å²) in [7, 11) is 0. The summed E-state index contributed by atoms with van der Waals surface area (Å²) in [5.41, 5.74) is 0.852. The van der Waals surface area contributed by atoms with Gasteiger partial charge in [0, 0.05) is 12.1 Å². The van der Waals surface area contributed by atoms with Gasteiger partial charge in [-0.3, -0.25) is 10.1 Å². The van der Waals surface area contributed by atoms with Gasteiger partial charge in [0.05, 0.1) is 4.92 Å². The third-order valence-corrected chi connectivity index (χ3v) is 2.37. The first-order chi connectivity index (χ1) is 8.65. The molecule has 0 saturated carbocycles. The zero-order chi connectivity index (χ0) is 13.0. The van der Waals surface area contributed by atoms with Crippen LogP contribution in [0.5, 0.6) is 5.75 Å². The van der Waals surface area contributed by atoms with Crippen LogP contribution in [-0.2, 0) is 6.61 Å². The van der Waals surface area contributed by atoms with E-state index in [0.717, 1.165) is 5.56 Å². The summed E-state index contributed by atoms with van der Waals surface area (Å²) in [6.45, 7) is 0.281. The van der Waals surface area contributed by atoms with Crippen molar-refractivity contribution in [3.05, 3.63) is 70.0 Å². The molecular weight excluding hydrogens is 237 g/mol. The fraction of sp³-hybridized carbons (Fsp3) is 0.0769. The predicted molar refractivity (Wildman–Crippen MR) is 63.8 cm³/mol. The van der Waals surface area contributed by atoms with Gasteiger partial charge in [-0.1, -0.05) is 0 Å². The van der Waals surface area contributed by atoms with Crippen LogP contribution in [-0.4, -0.2) is 4.92 Å². The van der Waals surface area contributed by atoms with Crippen LogP contribution in [0.3, 0.4) is 0 Å². The van der Waals surface area contributed by atoms with Gasteiger partial charge in [-0.05, 0) is 42.0 Å². The van der Waals surface area contributed by atoms with E-state index < -0.39 is 4.92 Å². The predicted octanol–water partition coefficient (Wildman–Crippen LogP) is 3.31. The van der Waals surface area contributed by atoms with E-state index in [0.29, 0.717) is 5.75 Å². The number of halogens is 1. The lowest BCUT2D eigenvalue weighted by Gasteiger charge is -2.05. The van der Waals surface area contributed by atoms with E-state index in [9.17, 15) is 14.5 Å². The maximum Gasteiger partial charge on any atom is 0.269 e. The van der Waals surface area contributed by atoms with Crippen LogP contribution < -0.4 is 4.74 Å². The maximum absolute atomic E-state index is 12.7. The molecule has 4 nitrogen and oxygen atoms in total. The van der Waals surface area contributed by atoms with Crippen LogP contribution in [0.2, 0.25) is 0 Å². The largest absolute Gasteiger partial charge is 0.489 e. The first-order valence-electron chi connectivity index (χ1n) is 5.27. The molecule has 2 rings (SSSR count). The Labute approximate surface area is 103 Å². The molecule has 0 aliphatic carbocycles. The number of nitro groups is 1. The Morgan fingerprint density at radius 2 is 1.67 bits per heavy atom. The molecule has 0 fully saturated rings. The van der Waals surface area contributed by atoms with Gasteiger partial charge >= 0.3 is 0 Å². The molecule has 2 aromatic carbocycles. The van der Waals surface area contributed by atoms with Gasteiger partial charge in [0.15, 0.2) is 0 Å². The zero-order valence-electron chi connectivity index (χ0n) is 9.38. The molecular formula is C13H10FNO3. The van der Waals surface area contributed by atoms with Crippen LogP contribution in [0.1, 0.15) is 5.56 Å². The van der Waals surface area contributed by atoms with Crippen molar-refractivity contribution in [2.24, 2.45) is 0 Å². The maximum atomic E-state index is 12.7. The summed E-state index contributed by atoms with van der Waals surface area (Å²) in [6.07, 6.45) is 0. The SMILES string of the molecule is O=[N+]([O-])c1ccc(COc2ccc(F)cc2)cc1. The Kier molecular flexibility index (Phi) is 3.52. The van der Waals surface area contributed by atoms with Gasteiger partial charge in [-0.15, -0.1) is 0 Å². The third kappa shape index (κ3) is 3.04. The second kappa shape index (κ2) is 5.27. The third-order valence-electron chi connectivity index (χ3n) is 2.37. The summed E-state index contributed by atoms with van der Waals surface area (Å²) >= 11 is 0. The lowest BCUT2D eigenvalue weighted by molar-refractivity contribution is -0.384. The lowest BCUT2D eigenvalue weighted by Crippen LogP contribution is -1.96. The number of nitrogens with zero attached hydrogens (tertiary/aromatic N) is 1. The van der Waals surface area contributed by atoms with Crippen molar-refractivity contribution < 1.29 is 14.1 Å². The van der Waals surface area contributed by atoms with Crippen molar-refractivity contribution in [1.29, 1.82) is 0 Å². The van der Waals surface area contributed by atoms with Crippen LogP contribution >= 0.6 is 0 Å². The van der Waals surface area contributed by atoms with Crippen molar-refractivity contribution in [3.8, 4) is 5.75 Å². The Morgan fingerprint density at radius 3 is 2.22 bits per heavy atom. The minimum absolute atomic E-state index is 0.0422. The molecule has 0 unspecified atom stereocenters. The normalized spacial score (nSPS) is 10.1. The quantitative estimate of drug-likeness (QED) is 0.615. The van der Waals surface area contributed by atoms with Gasteiger partial charge in [-0.2, -0.15) is 0 Å². The minimum atomic E-state index is -0.454. The smallest absolute Gasteiger partial charge is 0.269 e. The fourth-order valence-electron chi connectivity index (χ4n) is 1.41. The van der Waals surface area contributed by atoms with Gasteiger partial charge in [0.25, 0.3) is 5.69 Å². The standard InChI is InChI=1S/C13H10FNO3/c14-11-3-7-13(8-4-11)18-9-10-1-5-12(6-2-10)15(16)17/h1-8H,9H2. The highest BCUT2D eigenvalue weighted by molar-refractivity contribution is 5.33. The van der Waals surface area contributed by atoms with Gasteiger partial charge in [0.1, 0.15) is 18.2 Å². The molecule has 0 radical (unpaired) electrons. The summed E-state index contributed by atoms with van der Waals surface area (Å²) in [5.74, 6) is 0.229. The second-order valence-corrected chi connectivity index (χ2v) is 3.67. The van der Waals surface area contributed by atoms with E-state index >= 15 is 0 Å². The summed E-state index contributed by atoms with van der Waals surface area (Å²) in [4.78, 5) is 10.0. The van der Waals surface area contributed by atoms with Crippen molar-refractivity contribution >= 4 is 5.69 Å². The molecule has 92 valence electrons. The van der Waals surface area contributed by atoms with E-state index in [4.69, 9.17) is 4.74 Å². The van der Waals surface area contributed by atoms with Crippen LogP contribution in [0, 0.1) is 15.9 Å². The van der Waals surface area contributed by atoms with Gasteiger partial charge in [0.2, 0.25) is 0 Å². The summed E-state index contributed by atoms with van der Waals surface area (Å²) < 4.78 is 18.1. The molecule has 0 spiro atoms. The molecule has 0 saturated heterocycles. The topological polar surface area (TPSA) is 52.4 Å². The molecule has 0 aliphatic heterocycles. The lowest BCUT2D eigenvalue weighted by atomic mass is 10.2. The molecule has 2 aromatic rings. The Morgan fingerprint density at radius 1 is 1.06 bits per heavy atom. The molecule has 18 heavy (non-hydrogen) atoms. The molecule has 5 heteroatoms. The number of ether oxygens (including phenoxy) is 1. The Balaban J connectivity index is 1.97. The average molecular weight is 247 g/mol. The van der Waals surface area contributed by atoms with Crippen molar-refractivity contribution in [3.63, 3.8) is 0 Å². The van der Waals surface area contributed by atoms with Crippen molar-refractivity contribution in [1.82, 2.24) is 0 Å². The molecule has 0 bridgehead atoms. The molecule has 0 N–H and O–H groups in total. The number of hydrogen-bond acceptors (Lipinski definition) is 3. The number of hydrogen-bond donors (Lipinski definition) is 0. The van der Waals surface area contributed by atoms with Crippen LogP contribution in [0.4, 0.5) is 10.1 Å². The first kappa shape index (κ1) is 12.0. The number of rotatable bonds is 4. The van der Waals surface area contributed by atoms with Crippen molar-refractivity contribution in [2.45, 2.75) is 6.61 Å². The van der Waals surface area contributed by atoms with E-state index in [2.05, 4.69) is 0 Å². The Bertz CT molecular complexity index is 537.